The summed E-state index contributed by atoms with van der Waals surface area (Å²) in [7, 11) is 0. The normalized spacial score (nSPS) is 20.1. The number of rotatable bonds is 6. The van der Waals surface area contributed by atoms with Crippen molar-refractivity contribution in [3.05, 3.63) is 35.9 Å². The van der Waals surface area contributed by atoms with E-state index < -0.39 is 11.9 Å². The second-order valence-electron chi connectivity index (χ2n) is 5.60. The van der Waals surface area contributed by atoms with Crippen molar-refractivity contribution in [2.75, 3.05) is 13.1 Å². The summed E-state index contributed by atoms with van der Waals surface area (Å²) in [4.78, 5) is 25.2. The van der Waals surface area contributed by atoms with E-state index in [2.05, 4.69) is 22.3 Å². The lowest BCUT2D eigenvalue weighted by Gasteiger charge is -2.24. The molecule has 0 bridgehead atoms. The maximum absolute atomic E-state index is 12.2. The van der Waals surface area contributed by atoms with Crippen molar-refractivity contribution >= 4 is 11.9 Å². The number of carboxylic acid groups (broad SMARTS) is 1. The van der Waals surface area contributed by atoms with Gasteiger partial charge in [-0.3, -0.25) is 14.5 Å². The lowest BCUT2D eigenvalue weighted by atomic mass is 10.1. The lowest BCUT2D eigenvalue weighted by Crippen LogP contribution is -2.44. The predicted octanol–water partition coefficient (Wildman–Crippen LogP) is 1.49. The molecule has 2 rings (SSSR count). The molecule has 1 fully saturated rings. The number of nitrogens with zero attached hydrogens (tertiary/aromatic N) is 1. The van der Waals surface area contributed by atoms with Crippen LogP contribution in [0.1, 0.15) is 25.3 Å². The minimum absolute atomic E-state index is 0.0588. The topological polar surface area (TPSA) is 69.6 Å². The number of nitrogens with one attached hydrogen (secondary N) is 1. The van der Waals surface area contributed by atoms with Gasteiger partial charge >= 0.3 is 5.97 Å². The molecule has 0 aromatic heterocycles. The Labute approximate surface area is 125 Å². The van der Waals surface area contributed by atoms with Crippen molar-refractivity contribution in [3.8, 4) is 0 Å². The Morgan fingerprint density at radius 1 is 1.38 bits per heavy atom. The number of carboxylic acids is 1. The molecule has 0 saturated carbocycles. The van der Waals surface area contributed by atoms with Crippen LogP contribution < -0.4 is 5.32 Å². The number of carbonyl (C=O) groups is 2. The molecule has 2 N–H and O–H groups in total. The first-order valence-corrected chi connectivity index (χ1v) is 7.36. The van der Waals surface area contributed by atoms with E-state index in [0.717, 1.165) is 25.9 Å². The summed E-state index contributed by atoms with van der Waals surface area (Å²) in [5, 5.41) is 11.6. The number of hydrogen-bond acceptors (Lipinski definition) is 3. The third kappa shape index (κ3) is 4.29. The van der Waals surface area contributed by atoms with E-state index in [0.29, 0.717) is 0 Å². The van der Waals surface area contributed by atoms with Crippen molar-refractivity contribution in [1.29, 1.82) is 0 Å². The van der Waals surface area contributed by atoms with Crippen LogP contribution in [0.2, 0.25) is 0 Å². The molecule has 1 saturated heterocycles. The molecule has 5 heteroatoms. The van der Waals surface area contributed by atoms with Gasteiger partial charge in [0.1, 0.15) is 0 Å². The lowest BCUT2D eigenvalue weighted by molar-refractivity contribution is -0.141. The summed E-state index contributed by atoms with van der Waals surface area (Å²) in [5.74, 6) is -1.50. The largest absolute Gasteiger partial charge is 0.481 e. The summed E-state index contributed by atoms with van der Waals surface area (Å²) in [6.45, 7) is 3.44. The van der Waals surface area contributed by atoms with Gasteiger partial charge in [0, 0.05) is 13.1 Å². The van der Waals surface area contributed by atoms with E-state index in [4.69, 9.17) is 5.11 Å². The molecule has 1 aromatic rings. The number of benzene rings is 1. The van der Waals surface area contributed by atoms with Crippen molar-refractivity contribution < 1.29 is 14.7 Å². The first-order chi connectivity index (χ1) is 10.1. The van der Waals surface area contributed by atoms with Crippen molar-refractivity contribution in [1.82, 2.24) is 10.2 Å². The zero-order valence-corrected chi connectivity index (χ0v) is 12.3. The minimum Gasteiger partial charge on any atom is -0.481 e. The summed E-state index contributed by atoms with van der Waals surface area (Å²) >= 11 is 0. The Morgan fingerprint density at radius 3 is 2.76 bits per heavy atom. The Hall–Kier alpha value is -1.88. The van der Waals surface area contributed by atoms with Crippen LogP contribution in [-0.2, 0) is 16.1 Å². The predicted molar refractivity (Wildman–Crippen MR) is 79.7 cm³/mol. The van der Waals surface area contributed by atoms with E-state index in [9.17, 15) is 9.59 Å². The summed E-state index contributed by atoms with van der Waals surface area (Å²) in [6.07, 6.45) is 1.83. The second kappa shape index (κ2) is 7.22. The molecule has 2 atom stereocenters. The van der Waals surface area contributed by atoms with Crippen LogP contribution in [-0.4, -0.2) is 41.0 Å². The van der Waals surface area contributed by atoms with Crippen molar-refractivity contribution in [2.24, 2.45) is 5.92 Å². The van der Waals surface area contributed by atoms with E-state index in [1.54, 1.807) is 6.92 Å². The van der Waals surface area contributed by atoms with Crippen molar-refractivity contribution in [2.45, 2.75) is 32.4 Å². The maximum atomic E-state index is 12.2. The first kappa shape index (κ1) is 15.5. The number of hydrogen-bond donors (Lipinski definition) is 2. The van der Waals surface area contributed by atoms with Crippen LogP contribution in [0.3, 0.4) is 0 Å². The maximum Gasteiger partial charge on any atom is 0.308 e. The fraction of sp³-hybridized carbons (Fsp3) is 0.500. The van der Waals surface area contributed by atoms with Crippen LogP contribution in [0.25, 0.3) is 0 Å². The molecule has 0 aliphatic carbocycles. The molecule has 21 heavy (non-hydrogen) atoms. The van der Waals surface area contributed by atoms with Crippen LogP contribution in [0.5, 0.6) is 0 Å². The Bertz CT molecular complexity index is 490. The molecule has 0 spiro atoms. The molecular weight excluding hydrogens is 268 g/mol. The molecule has 5 nitrogen and oxygen atoms in total. The second-order valence-corrected chi connectivity index (χ2v) is 5.60. The number of amides is 1. The van der Waals surface area contributed by atoms with E-state index in [1.807, 2.05) is 18.2 Å². The van der Waals surface area contributed by atoms with Gasteiger partial charge in [0.2, 0.25) is 5.91 Å². The standard InChI is InChI=1S/C16H22N2O3/c1-12(16(20)21)10-17-15(19)14-8-5-9-18(14)11-13-6-3-2-4-7-13/h2-4,6-7,12,14H,5,8-11H2,1H3,(H,17,19)(H,20,21)/t12-,14-/m0/s1. The average molecular weight is 290 g/mol. The fourth-order valence-corrected chi connectivity index (χ4v) is 2.59. The zero-order valence-electron chi connectivity index (χ0n) is 12.3. The molecule has 1 aliphatic rings. The quantitative estimate of drug-likeness (QED) is 0.833. The SMILES string of the molecule is C[C@@H](CNC(=O)[C@@H]1CCCN1Cc1ccccc1)C(=O)O. The third-order valence-corrected chi connectivity index (χ3v) is 3.90. The molecule has 0 radical (unpaired) electrons. The highest BCUT2D eigenvalue weighted by atomic mass is 16.4. The van der Waals surface area contributed by atoms with Gasteiger partial charge in [-0.2, -0.15) is 0 Å². The number of aliphatic carboxylic acids is 1. The monoisotopic (exact) mass is 290 g/mol. The van der Waals surface area contributed by atoms with Gasteiger partial charge < -0.3 is 10.4 Å². The zero-order chi connectivity index (χ0) is 15.2. The highest BCUT2D eigenvalue weighted by Gasteiger charge is 2.30. The van der Waals surface area contributed by atoms with Crippen LogP contribution in [0, 0.1) is 5.92 Å². The minimum atomic E-state index is -0.886. The Morgan fingerprint density at radius 2 is 2.10 bits per heavy atom. The average Bonchev–Trinajstić information content (AvgIpc) is 2.93. The van der Waals surface area contributed by atoms with Crippen LogP contribution in [0.15, 0.2) is 30.3 Å². The van der Waals surface area contributed by atoms with E-state index in [1.165, 1.54) is 5.56 Å². The van der Waals surface area contributed by atoms with Gasteiger partial charge in [0.05, 0.1) is 12.0 Å². The van der Waals surface area contributed by atoms with Gasteiger partial charge in [-0.25, -0.2) is 0 Å². The van der Waals surface area contributed by atoms with E-state index >= 15 is 0 Å². The molecule has 1 aromatic carbocycles. The Kier molecular flexibility index (Phi) is 5.33. The summed E-state index contributed by atoms with van der Waals surface area (Å²) in [5.41, 5.74) is 1.19. The van der Waals surface area contributed by atoms with Crippen LogP contribution in [0.4, 0.5) is 0 Å². The van der Waals surface area contributed by atoms with E-state index in [-0.39, 0.29) is 18.5 Å². The number of carbonyl (C=O) groups excluding carboxylic acids is 1. The van der Waals surface area contributed by atoms with Gasteiger partial charge in [-0.1, -0.05) is 37.3 Å². The van der Waals surface area contributed by atoms with Gasteiger partial charge in [0.15, 0.2) is 0 Å². The molecule has 1 aliphatic heterocycles. The van der Waals surface area contributed by atoms with Crippen LogP contribution >= 0.6 is 0 Å². The van der Waals surface area contributed by atoms with Gasteiger partial charge in [-0.05, 0) is 24.9 Å². The Balaban J connectivity index is 1.89. The number of likely N-dealkylation sites (tertiary alicyclic amines) is 1. The highest BCUT2D eigenvalue weighted by Crippen LogP contribution is 2.20. The summed E-state index contributed by atoms with van der Waals surface area (Å²) < 4.78 is 0. The first-order valence-electron chi connectivity index (χ1n) is 7.36. The van der Waals surface area contributed by atoms with Gasteiger partial charge in [0.25, 0.3) is 0 Å². The molecule has 0 unspecified atom stereocenters. The third-order valence-electron chi connectivity index (χ3n) is 3.90. The smallest absolute Gasteiger partial charge is 0.308 e. The molecule has 114 valence electrons. The molecular formula is C16H22N2O3. The fourth-order valence-electron chi connectivity index (χ4n) is 2.59. The van der Waals surface area contributed by atoms with Crippen molar-refractivity contribution in [3.63, 3.8) is 0 Å². The molecule has 1 amide bonds. The molecule has 1 heterocycles. The van der Waals surface area contributed by atoms with Gasteiger partial charge in [-0.15, -0.1) is 0 Å². The highest BCUT2D eigenvalue weighted by molar-refractivity contribution is 5.82. The summed E-state index contributed by atoms with van der Waals surface area (Å²) in [6, 6.07) is 9.93.